The van der Waals surface area contributed by atoms with E-state index in [0.29, 0.717) is 22.3 Å². The fraction of sp³-hybridized carbons (Fsp3) is 0.133. The average Bonchev–Trinajstić information content (AvgIpc) is 3.55. The lowest BCUT2D eigenvalue weighted by atomic mass is 9.95. The first kappa shape index (κ1) is 27.2. The Labute approximate surface area is 239 Å². The Morgan fingerprint density at radius 3 is 2.50 bits per heavy atom. The van der Waals surface area contributed by atoms with Crippen molar-refractivity contribution in [3.8, 4) is 11.5 Å². The normalized spacial score (nSPS) is 15.3. The number of carbonyl (C=O) groups excluding carboxylic acids is 2. The summed E-state index contributed by atoms with van der Waals surface area (Å²) in [5.74, 6) is -1.17. The smallest absolute Gasteiger partial charge is 0.296 e. The Balaban J connectivity index is 1.51. The van der Waals surface area contributed by atoms with Crippen molar-refractivity contribution < 1.29 is 24.5 Å². The molecule has 0 aliphatic carbocycles. The van der Waals surface area contributed by atoms with Gasteiger partial charge in [-0.1, -0.05) is 95.9 Å². The Bertz CT molecular complexity index is 1590. The number of nitrogens with zero attached hydrogens (tertiary/aromatic N) is 3. The topological polar surface area (TPSA) is 113 Å². The molecule has 10 heteroatoms. The van der Waals surface area contributed by atoms with Crippen LogP contribution >= 0.6 is 23.1 Å². The number of benzene rings is 3. The van der Waals surface area contributed by atoms with Gasteiger partial charge in [0.15, 0.2) is 27.4 Å². The first-order chi connectivity index (χ1) is 19.5. The number of phenols is 1. The number of aromatic nitrogens is 2. The predicted octanol–water partition coefficient (Wildman–Crippen LogP) is 6.12. The molecule has 2 heterocycles. The van der Waals surface area contributed by atoms with Crippen molar-refractivity contribution >= 4 is 46.0 Å². The maximum absolute atomic E-state index is 13.5. The Morgan fingerprint density at radius 1 is 1.05 bits per heavy atom. The molecular formula is C30H25N3O5S2. The molecule has 0 radical (unpaired) electrons. The summed E-state index contributed by atoms with van der Waals surface area (Å²) >= 11 is 2.67. The molecule has 0 saturated heterocycles. The summed E-state index contributed by atoms with van der Waals surface area (Å²) in [6.07, 6.45) is 2.95. The van der Waals surface area contributed by atoms with E-state index < -0.39 is 23.5 Å². The summed E-state index contributed by atoms with van der Waals surface area (Å²) in [5.41, 5.74) is 2.27. The Hall–Kier alpha value is -4.41. The van der Waals surface area contributed by atoms with E-state index >= 15 is 0 Å². The fourth-order valence-electron chi connectivity index (χ4n) is 4.24. The van der Waals surface area contributed by atoms with Gasteiger partial charge in [-0.15, -0.1) is 10.2 Å². The number of thioether (sulfide) groups is 1. The van der Waals surface area contributed by atoms with Crippen LogP contribution in [0, 0.1) is 0 Å². The van der Waals surface area contributed by atoms with Gasteiger partial charge in [0, 0.05) is 5.75 Å². The molecule has 8 nitrogen and oxygen atoms in total. The van der Waals surface area contributed by atoms with Gasteiger partial charge in [0.05, 0.1) is 18.2 Å². The van der Waals surface area contributed by atoms with Crippen LogP contribution in [0.4, 0.5) is 5.13 Å². The zero-order chi connectivity index (χ0) is 28.1. The minimum absolute atomic E-state index is 0.0814. The van der Waals surface area contributed by atoms with Gasteiger partial charge < -0.3 is 14.9 Å². The third-order valence-corrected chi connectivity index (χ3v) is 8.23. The van der Waals surface area contributed by atoms with E-state index in [0.717, 1.165) is 11.1 Å². The molecule has 1 aromatic heterocycles. The molecule has 40 heavy (non-hydrogen) atoms. The number of aliphatic hydroxyl groups excluding tert-OH is 1. The number of amides is 1. The van der Waals surface area contributed by atoms with Gasteiger partial charge >= 0.3 is 0 Å². The summed E-state index contributed by atoms with van der Waals surface area (Å²) in [7, 11) is 0. The lowest BCUT2D eigenvalue weighted by Crippen LogP contribution is -2.30. The van der Waals surface area contributed by atoms with Gasteiger partial charge in [-0.25, -0.2) is 0 Å². The summed E-state index contributed by atoms with van der Waals surface area (Å²) in [6.45, 7) is 2.08. The summed E-state index contributed by atoms with van der Waals surface area (Å²) in [6, 6.07) is 22.7. The zero-order valence-corrected chi connectivity index (χ0v) is 23.1. The van der Waals surface area contributed by atoms with Crippen molar-refractivity contribution in [2.24, 2.45) is 0 Å². The number of hydrogen-bond donors (Lipinski definition) is 2. The number of ether oxygens (including phenoxy) is 1. The van der Waals surface area contributed by atoms with Gasteiger partial charge in [-0.2, -0.15) is 0 Å². The molecule has 0 spiro atoms. The molecule has 1 aliphatic heterocycles. The molecule has 202 valence electrons. The molecule has 3 aromatic carbocycles. The van der Waals surface area contributed by atoms with Crippen LogP contribution in [0.15, 0.2) is 101 Å². The van der Waals surface area contributed by atoms with Crippen LogP contribution in [0.1, 0.15) is 29.7 Å². The van der Waals surface area contributed by atoms with Gasteiger partial charge in [0.2, 0.25) is 5.13 Å². The molecule has 5 rings (SSSR count). The van der Waals surface area contributed by atoms with Crippen molar-refractivity contribution in [3.05, 3.63) is 113 Å². The predicted molar refractivity (Wildman–Crippen MR) is 156 cm³/mol. The number of phenolic OH excluding ortho intramolecular Hbond substituents is 1. The molecule has 1 atom stereocenters. The minimum atomic E-state index is -1.01. The van der Waals surface area contributed by atoms with Crippen LogP contribution in [0.3, 0.4) is 0 Å². The standard InChI is InChI=1S/C30H25N3O5S2/c1-2-38-24-17-21(14-16-22(24)34)26-25(23(35)15-13-19-9-5-3-6-10-19)27(36)28(37)33(26)29-31-32-30(40-29)39-18-20-11-7-4-8-12-20/h3-17,26,34,36H,2,18H2,1H3/b15-13+. The van der Waals surface area contributed by atoms with Crippen LogP contribution in [-0.2, 0) is 15.3 Å². The molecule has 2 N–H and O–H groups in total. The number of carbonyl (C=O) groups is 2. The van der Waals surface area contributed by atoms with E-state index in [1.54, 1.807) is 25.1 Å². The second-order valence-corrected chi connectivity index (χ2v) is 10.9. The first-order valence-electron chi connectivity index (χ1n) is 12.5. The van der Waals surface area contributed by atoms with Gasteiger partial charge in [0.1, 0.15) is 0 Å². The lowest BCUT2D eigenvalue weighted by molar-refractivity contribution is -0.117. The number of aromatic hydroxyl groups is 1. The fourth-order valence-corrected chi connectivity index (χ4v) is 6.07. The maximum atomic E-state index is 13.5. The molecule has 0 saturated carbocycles. The zero-order valence-electron chi connectivity index (χ0n) is 21.4. The van der Waals surface area contributed by atoms with E-state index in [1.807, 2.05) is 60.7 Å². The molecule has 1 amide bonds. The summed E-state index contributed by atoms with van der Waals surface area (Å²) in [4.78, 5) is 28.2. The number of anilines is 1. The first-order valence-corrected chi connectivity index (χ1v) is 14.3. The monoisotopic (exact) mass is 571 g/mol. The van der Waals surface area contributed by atoms with E-state index in [9.17, 15) is 19.8 Å². The number of ketones is 1. The van der Waals surface area contributed by atoms with E-state index in [-0.39, 0.29) is 22.2 Å². The van der Waals surface area contributed by atoms with Crippen LogP contribution < -0.4 is 9.64 Å². The Kier molecular flexibility index (Phi) is 8.28. The molecule has 1 unspecified atom stereocenters. The Morgan fingerprint density at radius 2 is 1.77 bits per heavy atom. The largest absolute Gasteiger partial charge is 0.504 e. The highest BCUT2D eigenvalue weighted by Gasteiger charge is 2.45. The van der Waals surface area contributed by atoms with E-state index in [4.69, 9.17) is 4.74 Å². The highest BCUT2D eigenvalue weighted by molar-refractivity contribution is 8.00. The number of hydrogen-bond acceptors (Lipinski definition) is 9. The van der Waals surface area contributed by atoms with Crippen molar-refractivity contribution in [2.45, 2.75) is 23.1 Å². The van der Waals surface area contributed by atoms with Crippen molar-refractivity contribution in [3.63, 3.8) is 0 Å². The number of aliphatic hydroxyl groups is 1. The second-order valence-electron chi connectivity index (χ2n) is 8.73. The van der Waals surface area contributed by atoms with E-state index in [1.165, 1.54) is 40.1 Å². The number of rotatable bonds is 10. The molecular weight excluding hydrogens is 546 g/mol. The summed E-state index contributed by atoms with van der Waals surface area (Å²) < 4.78 is 6.18. The SMILES string of the molecule is CCOc1cc(C2C(C(=O)/C=C/c3ccccc3)=C(O)C(=O)N2c2nnc(SCc3ccccc3)s2)ccc1O. The quantitative estimate of drug-likeness (QED) is 0.133. The highest BCUT2D eigenvalue weighted by atomic mass is 32.2. The van der Waals surface area contributed by atoms with E-state index in [2.05, 4.69) is 10.2 Å². The van der Waals surface area contributed by atoms with Gasteiger partial charge in [-0.3, -0.25) is 14.5 Å². The maximum Gasteiger partial charge on any atom is 0.296 e. The molecule has 0 bridgehead atoms. The molecule has 0 fully saturated rings. The average molecular weight is 572 g/mol. The van der Waals surface area contributed by atoms with Gasteiger partial charge in [-0.05, 0) is 41.8 Å². The van der Waals surface area contributed by atoms with Crippen LogP contribution in [0.5, 0.6) is 11.5 Å². The van der Waals surface area contributed by atoms with Gasteiger partial charge in [0.25, 0.3) is 5.91 Å². The molecule has 4 aromatic rings. The van der Waals surface area contributed by atoms with Crippen molar-refractivity contribution in [1.29, 1.82) is 0 Å². The summed E-state index contributed by atoms with van der Waals surface area (Å²) in [5, 5.41) is 30.0. The van der Waals surface area contributed by atoms with Crippen LogP contribution in [0.2, 0.25) is 0 Å². The van der Waals surface area contributed by atoms with Crippen LogP contribution in [-0.4, -0.2) is 38.7 Å². The van der Waals surface area contributed by atoms with Crippen molar-refractivity contribution in [2.75, 3.05) is 11.5 Å². The highest BCUT2D eigenvalue weighted by Crippen LogP contribution is 2.44. The molecule has 1 aliphatic rings. The second kappa shape index (κ2) is 12.2. The van der Waals surface area contributed by atoms with Crippen LogP contribution in [0.25, 0.3) is 6.08 Å². The minimum Gasteiger partial charge on any atom is -0.504 e. The third kappa shape index (κ3) is 5.78. The third-order valence-electron chi connectivity index (χ3n) is 6.11. The number of allylic oxidation sites excluding steroid dienone is 1. The van der Waals surface area contributed by atoms with Crippen molar-refractivity contribution in [1.82, 2.24) is 10.2 Å². The lowest BCUT2D eigenvalue weighted by Gasteiger charge is -2.24.